The molecule has 1 N–H and O–H groups in total. The zero-order chi connectivity index (χ0) is 10.6. The van der Waals surface area contributed by atoms with Crippen LogP contribution < -0.4 is 0 Å². The molecule has 1 amide bonds. The van der Waals surface area contributed by atoms with E-state index in [2.05, 4.69) is 0 Å². The topological polar surface area (TPSA) is 57.6 Å². The minimum Gasteiger partial charge on any atom is -0.481 e. The summed E-state index contributed by atoms with van der Waals surface area (Å²) in [5, 5.41) is 8.38. The van der Waals surface area contributed by atoms with Crippen LogP contribution in [0.25, 0.3) is 0 Å². The molecular formula is C9H17NO3. The molecular weight excluding hydrogens is 170 g/mol. The highest BCUT2D eigenvalue weighted by atomic mass is 16.4. The first-order valence-electron chi connectivity index (χ1n) is 4.23. The van der Waals surface area contributed by atoms with Crippen molar-refractivity contribution in [3.63, 3.8) is 0 Å². The highest BCUT2D eigenvalue weighted by molar-refractivity contribution is 5.81. The van der Waals surface area contributed by atoms with Gasteiger partial charge in [0, 0.05) is 19.0 Å². The van der Waals surface area contributed by atoms with Crippen LogP contribution in [-0.4, -0.2) is 34.5 Å². The van der Waals surface area contributed by atoms with Crippen LogP contribution in [0.3, 0.4) is 0 Å². The predicted molar refractivity (Wildman–Crippen MR) is 49.4 cm³/mol. The van der Waals surface area contributed by atoms with E-state index in [0.717, 1.165) is 0 Å². The van der Waals surface area contributed by atoms with Crippen molar-refractivity contribution in [2.45, 2.75) is 39.2 Å². The van der Waals surface area contributed by atoms with E-state index in [1.54, 1.807) is 11.9 Å². The van der Waals surface area contributed by atoms with Gasteiger partial charge in [-0.2, -0.15) is 0 Å². The fraction of sp³-hybridized carbons (Fsp3) is 0.778. The van der Waals surface area contributed by atoms with Gasteiger partial charge < -0.3 is 10.0 Å². The van der Waals surface area contributed by atoms with Crippen molar-refractivity contribution in [1.82, 2.24) is 4.90 Å². The van der Waals surface area contributed by atoms with Crippen molar-refractivity contribution in [1.29, 1.82) is 0 Å². The predicted octanol–water partition coefficient (Wildman–Crippen LogP) is 1.11. The van der Waals surface area contributed by atoms with Gasteiger partial charge in [0.15, 0.2) is 0 Å². The summed E-state index contributed by atoms with van der Waals surface area (Å²) in [5.74, 6) is -1.06. The Balaban J connectivity index is 4.05. The van der Waals surface area contributed by atoms with E-state index in [1.165, 1.54) is 0 Å². The third kappa shape index (κ3) is 4.50. The molecule has 0 aliphatic heterocycles. The first kappa shape index (κ1) is 11.9. The number of rotatable bonds is 3. The van der Waals surface area contributed by atoms with Crippen molar-refractivity contribution in [2.24, 2.45) is 0 Å². The van der Waals surface area contributed by atoms with E-state index in [1.807, 2.05) is 20.8 Å². The highest BCUT2D eigenvalue weighted by Gasteiger charge is 2.22. The van der Waals surface area contributed by atoms with Crippen LogP contribution in [0.15, 0.2) is 0 Å². The molecule has 0 rings (SSSR count). The molecule has 76 valence electrons. The maximum atomic E-state index is 11.4. The van der Waals surface area contributed by atoms with Crippen molar-refractivity contribution < 1.29 is 14.7 Å². The molecule has 0 bridgehead atoms. The van der Waals surface area contributed by atoms with E-state index >= 15 is 0 Å². The molecule has 0 radical (unpaired) electrons. The molecule has 4 heteroatoms. The van der Waals surface area contributed by atoms with Gasteiger partial charge in [0.2, 0.25) is 5.91 Å². The largest absolute Gasteiger partial charge is 0.481 e. The molecule has 0 aromatic rings. The Kier molecular flexibility index (Phi) is 3.91. The molecule has 0 aromatic heterocycles. The number of carboxylic acid groups (broad SMARTS) is 1. The average Bonchev–Trinajstić information content (AvgIpc) is 1.96. The Morgan fingerprint density at radius 2 is 1.69 bits per heavy atom. The summed E-state index contributed by atoms with van der Waals surface area (Å²) < 4.78 is 0. The third-order valence-corrected chi connectivity index (χ3v) is 1.93. The van der Waals surface area contributed by atoms with Crippen LogP contribution in [-0.2, 0) is 9.59 Å². The number of carbonyl (C=O) groups is 2. The molecule has 0 unspecified atom stereocenters. The van der Waals surface area contributed by atoms with Crippen LogP contribution in [0.5, 0.6) is 0 Å². The average molecular weight is 187 g/mol. The maximum Gasteiger partial charge on any atom is 0.303 e. The quantitative estimate of drug-likeness (QED) is 0.720. The number of amides is 1. The number of carbonyl (C=O) groups excluding carboxylic acids is 1. The lowest BCUT2D eigenvalue weighted by Crippen LogP contribution is -2.42. The van der Waals surface area contributed by atoms with Gasteiger partial charge in [-0.1, -0.05) is 0 Å². The molecule has 13 heavy (non-hydrogen) atoms. The monoisotopic (exact) mass is 187 g/mol. The zero-order valence-electron chi connectivity index (χ0n) is 8.63. The van der Waals surface area contributed by atoms with Gasteiger partial charge in [0.1, 0.15) is 0 Å². The van der Waals surface area contributed by atoms with E-state index in [0.29, 0.717) is 0 Å². The van der Waals surface area contributed by atoms with E-state index in [-0.39, 0.29) is 24.3 Å². The summed E-state index contributed by atoms with van der Waals surface area (Å²) in [6.07, 6.45) is -0.0254. The Morgan fingerprint density at radius 3 is 2.00 bits per heavy atom. The number of carboxylic acids is 1. The number of aliphatic carboxylic acids is 1. The molecule has 4 nitrogen and oxygen atoms in total. The summed E-state index contributed by atoms with van der Waals surface area (Å²) in [5.41, 5.74) is -0.240. The molecule has 0 saturated carbocycles. The lowest BCUT2D eigenvalue weighted by Gasteiger charge is -2.31. The van der Waals surface area contributed by atoms with Gasteiger partial charge >= 0.3 is 5.97 Å². The van der Waals surface area contributed by atoms with Gasteiger partial charge in [0.25, 0.3) is 0 Å². The van der Waals surface area contributed by atoms with Gasteiger partial charge in [0.05, 0.1) is 6.42 Å². The highest BCUT2D eigenvalue weighted by Crippen LogP contribution is 2.12. The molecule has 0 aliphatic rings. The molecule has 0 atom stereocenters. The summed E-state index contributed by atoms with van der Waals surface area (Å²) in [6, 6.07) is 0. The van der Waals surface area contributed by atoms with Crippen LogP contribution >= 0.6 is 0 Å². The van der Waals surface area contributed by atoms with Gasteiger partial charge in [-0.25, -0.2) is 0 Å². The number of nitrogens with zero attached hydrogens (tertiary/aromatic N) is 1. The molecule has 0 aromatic carbocycles. The van der Waals surface area contributed by atoms with Crippen LogP contribution in [0, 0.1) is 0 Å². The Morgan fingerprint density at radius 1 is 1.23 bits per heavy atom. The number of hydrogen-bond donors (Lipinski definition) is 1. The van der Waals surface area contributed by atoms with Crippen molar-refractivity contribution in [3.05, 3.63) is 0 Å². The van der Waals surface area contributed by atoms with Crippen molar-refractivity contribution in [2.75, 3.05) is 7.05 Å². The lowest BCUT2D eigenvalue weighted by atomic mass is 10.1. The van der Waals surface area contributed by atoms with Gasteiger partial charge in [-0.3, -0.25) is 9.59 Å². The normalized spacial score (nSPS) is 11.1. The fourth-order valence-electron chi connectivity index (χ4n) is 0.756. The maximum absolute atomic E-state index is 11.4. The Bertz CT molecular complexity index is 205. The third-order valence-electron chi connectivity index (χ3n) is 1.93. The van der Waals surface area contributed by atoms with Gasteiger partial charge in [-0.05, 0) is 20.8 Å². The van der Waals surface area contributed by atoms with E-state index < -0.39 is 5.97 Å². The fourth-order valence-corrected chi connectivity index (χ4v) is 0.756. The Labute approximate surface area is 78.5 Å². The van der Waals surface area contributed by atoms with E-state index in [4.69, 9.17) is 5.11 Å². The lowest BCUT2D eigenvalue weighted by molar-refractivity contribution is -0.142. The summed E-state index contributed by atoms with van der Waals surface area (Å²) >= 11 is 0. The zero-order valence-corrected chi connectivity index (χ0v) is 8.63. The minimum atomic E-state index is -0.935. The molecule has 0 saturated heterocycles. The molecule has 0 spiro atoms. The summed E-state index contributed by atoms with van der Waals surface area (Å²) in [4.78, 5) is 23.1. The second-order valence-electron chi connectivity index (χ2n) is 4.02. The SMILES string of the molecule is CN(C(=O)CCC(=O)O)C(C)(C)C. The smallest absolute Gasteiger partial charge is 0.303 e. The standard InChI is InChI=1S/C9H17NO3/c1-9(2,3)10(4)7(11)5-6-8(12)13/h5-6H2,1-4H3,(H,12,13). The molecule has 0 heterocycles. The first-order valence-corrected chi connectivity index (χ1v) is 4.23. The second-order valence-corrected chi connectivity index (χ2v) is 4.02. The summed E-state index contributed by atoms with van der Waals surface area (Å²) in [7, 11) is 1.68. The first-order chi connectivity index (χ1) is 5.75. The van der Waals surface area contributed by atoms with Crippen molar-refractivity contribution >= 4 is 11.9 Å². The molecule has 0 fully saturated rings. The Hall–Kier alpha value is -1.06. The van der Waals surface area contributed by atoms with Crippen molar-refractivity contribution in [3.8, 4) is 0 Å². The number of hydrogen-bond acceptors (Lipinski definition) is 2. The second kappa shape index (κ2) is 4.25. The van der Waals surface area contributed by atoms with Crippen LogP contribution in [0.4, 0.5) is 0 Å². The molecule has 0 aliphatic carbocycles. The minimum absolute atomic E-state index is 0.0725. The van der Waals surface area contributed by atoms with E-state index in [9.17, 15) is 9.59 Å². The van der Waals surface area contributed by atoms with Crippen LogP contribution in [0.1, 0.15) is 33.6 Å². The van der Waals surface area contributed by atoms with Gasteiger partial charge in [-0.15, -0.1) is 0 Å². The van der Waals surface area contributed by atoms with Crippen LogP contribution in [0.2, 0.25) is 0 Å². The summed E-state index contributed by atoms with van der Waals surface area (Å²) in [6.45, 7) is 5.73.